The van der Waals surface area contributed by atoms with Gasteiger partial charge in [-0.3, -0.25) is 14.1 Å². The average Bonchev–Trinajstić information content (AvgIpc) is 3.33. The molecule has 1 aliphatic heterocycles. The number of primary amides is 1. The highest BCUT2D eigenvalue weighted by atomic mass is 32.2. The fourth-order valence-corrected chi connectivity index (χ4v) is 3.63. The summed E-state index contributed by atoms with van der Waals surface area (Å²) in [4.78, 5) is 23.9. The van der Waals surface area contributed by atoms with Gasteiger partial charge in [-0.05, 0) is 73.7 Å². The Bertz CT molecular complexity index is 1380. The zero-order valence-corrected chi connectivity index (χ0v) is 17.5. The molecule has 0 spiro atoms. The molecule has 1 aromatic heterocycles. The van der Waals surface area contributed by atoms with E-state index in [1.54, 1.807) is 37.3 Å². The summed E-state index contributed by atoms with van der Waals surface area (Å²) in [5.41, 5.74) is 7.48. The molecule has 0 atom stereocenters. The Balaban J connectivity index is 1.57. The van der Waals surface area contributed by atoms with Crippen LogP contribution in [0.3, 0.4) is 0 Å². The first kappa shape index (κ1) is 21.2. The van der Waals surface area contributed by atoms with E-state index in [1.807, 2.05) is 0 Å². The lowest BCUT2D eigenvalue weighted by Crippen LogP contribution is -2.21. The second kappa shape index (κ2) is 7.91. The van der Waals surface area contributed by atoms with Crippen LogP contribution in [-0.2, 0) is 14.9 Å². The van der Waals surface area contributed by atoms with Crippen molar-refractivity contribution in [2.75, 3.05) is 5.01 Å². The highest BCUT2D eigenvalue weighted by Crippen LogP contribution is 2.28. The van der Waals surface area contributed by atoms with Gasteiger partial charge in [0.25, 0.3) is 16.0 Å². The molecule has 10 heteroatoms. The quantitative estimate of drug-likeness (QED) is 0.451. The van der Waals surface area contributed by atoms with Gasteiger partial charge in [-0.15, -0.1) is 0 Å². The van der Waals surface area contributed by atoms with E-state index in [9.17, 15) is 18.0 Å². The predicted octanol–water partition coefficient (Wildman–Crippen LogP) is 3.10. The minimum atomic E-state index is -4.28. The van der Waals surface area contributed by atoms with Gasteiger partial charge in [0.2, 0.25) is 5.91 Å². The van der Waals surface area contributed by atoms with Crippen LogP contribution in [0.25, 0.3) is 17.4 Å². The molecule has 32 heavy (non-hydrogen) atoms. The van der Waals surface area contributed by atoms with Gasteiger partial charge in [0.15, 0.2) is 0 Å². The molecule has 4 rings (SSSR count). The fraction of sp³-hybridized carbons (Fsp3) is 0.0455. The van der Waals surface area contributed by atoms with E-state index in [-0.39, 0.29) is 10.8 Å². The SMILES string of the molecule is CC1=NN(c2ccc(C(N)=O)cc2)C(=O)/C1=C\c1ccc(-c2ccc(S(=O)(=O)O)cc2)o1. The first-order valence-electron chi connectivity index (χ1n) is 9.33. The molecule has 3 aromatic rings. The predicted molar refractivity (Wildman–Crippen MR) is 117 cm³/mol. The third-order valence-electron chi connectivity index (χ3n) is 4.81. The summed E-state index contributed by atoms with van der Waals surface area (Å²) in [6.45, 7) is 1.69. The molecule has 0 saturated carbocycles. The summed E-state index contributed by atoms with van der Waals surface area (Å²) in [5.74, 6) is -0.0593. The van der Waals surface area contributed by atoms with Crippen molar-refractivity contribution in [3.05, 3.63) is 77.6 Å². The van der Waals surface area contributed by atoms with Gasteiger partial charge in [-0.2, -0.15) is 18.5 Å². The third-order valence-corrected chi connectivity index (χ3v) is 5.68. The number of anilines is 1. The summed E-state index contributed by atoms with van der Waals surface area (Å²) in [5, 5.41) is 5.51. The topological polar surface area (TPSA) is 143 Å². The third kappa shape index (κ3) is 4.09. The van der Waals surface area contributed by atoms with Crippen LogP contribution in [0.2, 0.25) is 0 Å². The fourth-order valence-electron chi connectivity index (χ4n) is 3.15. The van der Waals surface area contributed by atoms with E-state index in [4.69, 9.17) is 14.7 Å². The lowest BCUT2D eigenvalue weighted by Gasteiger charge is -2.11. The van der Waals surface area contributed by atoms with Crippen molar-refractivity contribution >= 4 is 39.4 Å². The summed E-state index contributed by atoms with van der Waals surface area (Å²) >= 11 is 0. The van der Waals surface area contributed by atoms with E-state index in [2.05, 4.69) is 5.10 Å². The van der Waals surface area contributed by atoms with Crippen LogP contribution in [0, 0.1) is 0 Å². The molecule has 2 heterocycles. The molecule has 2 aromatic carbocycles. The maximum atomic E-state index is 12.9. The van der Waals surface area contributed by atoms with Gasteiger partial charge in [-0.25, -0.2) is 0 Å². The average molecular weight is 451 g/mol. The normalized spacial score (nSPS) is 15.3. The van der Waals surface area contributed by atoms with E-state index in [0.717, 1.165) is 0 Å². The molecule has 0 unspecified atom stereocenters. The molecule has 3 N–H and O–H groups in total. The Morgan fingerprint density at radius 3 is 2.31 bits per heavy atom. The number of nitrogens with zero attached hydrogens (tertiary/aromatic N) is 2. The molecule has 9 nitrogen and oxygen atoms in total. The maximum Gasteiger partial charge on any atom is 0.294 e. The number of amides is 2. The first-order chi connectivity index (χ1) is 15.1. The Kier molecular flexibility index (Phi) is 5.25. The number of rotatable bonds is 5. The van der Waals surface area contributed by atoms with Crippen molar-refractivity contribution in [1.29, 1.82) is 0 Å². The number of carbonyl (C=O) groups excluding carboxylic acids is 2. The zero-order valence-electron chi connectivity index (χ0n) is 16.7. The van der Waals surface area contributed by atoms with E-state index < -0.39 is 16.0 Å². The number of carbonyl (C=O) groups is 2. The van der Waals surface area contributed by atoms with Crippen LogP contribution < -0.4 is 10.7 Å². The monoisotopic (exact) mass is 451 g/mol. The maximum absolute atomic E-state index is 12.9. The van der Waals surface area contributed by atoms with Gasteiger partial charge in [-0.1, -0.05) is 0 Å². The van der Waals surface area contributed by atoms with Crippen molar-refractivity contribution in [1.82, 2.24) is 0 Å². The summed E-state index contributed by atoms with van der Waals surface area (Å²) in [6, 6.07) is 15.1. The number of benzene rings is 2. The Morgan fingerprint density at radius 1 is 1.06 bits per heavy atom. The van der Waals surface area contributed by atoms with Crippen molar-refractivity contribution in [2.24, 2.45) is 10.8 Å². The minimum absolute atomic E-state index is 0.220. The Hall–Kier alpha value is -4.02. The van der Waals surface area contributed by atoms with E-state index in [0.29, 0.717) is 39.6 Å². The summed E-state index contributed by atoms with van der Waals surface area (Å²) in [7, 11) is -4.28. The standard InChI is InChI=1S/C22H17N3O6S/c1-13-19(22(27)25(24-13)16-6-2-15(3-7-16)21(23)26)12-17-8-11-20(31-17)14-4-9-18(10-5-14)32(28,29)30/h2-12H,1H3,(H2,23,26)(H,28,29,30)/b19-12-. The van der Waals surface area contributed by atoms with Crippen LogP contribution >= 0.6 is 0 Å². The highest BCUT2D eigenvalue weighted by Gasteiger charge is 2.29. The van der Waals surface area contributed by atoms with Crippen LogP contribution in [-0.4, -0.2) is 30.5 Å². The number of hydrogen-bond acceptors (Lipinski definition) is 6. The van der Waals surface area contributed by atoms with Crippen molar-refractivity contribution in [2.45, 2.75) is 11.8 Å². The molecule has 0 fully saturated rings. The largest absolute Gasteiger partial charge is 0.457 e. The lowest BCUT2D eigenvalue weighted by molar-refractivity contribution is -0.114. The zero-order chi connectivity index (χ0) is 23.0. The van der Waals surface area contributed by atoms with Crippen molar-refractivity contribution in [3.8, 4) is 11.3 Å². The van der Waals surface area contributed by atoms with E-state index in [1.165, 1.54) is 41.4 Å². The summed E-state index contributed by atoms with van der Waals surface area (Å²) < 4.78 is 37.2. The van der Waals surface area contributed by atoms with Crippen LogP contribution in [0.15, 0.2) is 80.7 Å². The molecule has 162 valence electrons. The minimum Gasteiger partial charge on any atom is -0.457 e. The molecular weight excluding hydrogens is 434 g/mol. The van der Waals surface area contributed by atoms with Gasteiger partial charge < -0.3 is 10.2 Å². The second-order valence-electron chi connectivity index (χ2n) is 6.97. The van der Waals surface area contributed by atoms with Crippen LogP contribution in [0.1, 0.15) is 23.0 Å². The van der Waals surface area contributed by atoms with Crippen molar-refractivity contribution < 1.29 is 27.0 Å². The van der Waals surface area contributed by atoms with Crippen LogP contribution in [0.5, 0.6) is 0 Å². The molecule has 0 radical (unpaired) electrons. The van der Waals surface area contributed by atoms with Gasteiger partial charge in [0, 0.05) is 11.1 Å². The lowest BCUT2D eigenvalue weighted by atomic mass is 10.1. The van der Waals surface area contributed by atoms with Gasteiger partial charge in [0.05, 0.1) is 21.9 Å². The molecule has 1 aliphatic rings. The number of nitrogens with two attached hydrogens (primary N) is 1. The van der Waals surface area contributed by atoms with E-state index >= 15 is 0 Å². The van der Waals surface area contributed by atoms with Gasteiger partial charge >= 0.3 is 0 Å². The molecule has 0 aliphatic carbocycles. The number of hydrogen-bond donors (Lipinski definition) is 2. The molecule has 0 saturated heterocycles. The molecular formula is C22H17N3O6S. The summed E-state index contributed by atoms with van der Waals surface area (Å²) in [6.07, 6.45) is 1.56. The highest BCUT2D eigenvalue weighted by molar-refractivity contribution is 7.85. The van der Waals surface area contributed by atoms with Crippen molar-refractivity contribution in [3.63, 3.8) is 0 Å². The smallest absolute Gasteiger partial charge is 0.294 e. The Morgan fingerprint density at radius 2 is 1.72 bits per heavy atom. The number of hydrazone groups is 1. The first-order valence-corrected chi connectivity index (χ1v) is 10.8. The van der Waals surface area contributed by atoms with Crippen LogP contribution in [0.4, 0.5) is 5.69 Å². The molecule has 0 bridgehead atoms. The van der Waals surface area contributed by atoms with Gasteiger partial charge in [0.1, 0.15) is 11.5 Å². The number of furan rings is 1. The molecule has 2 amide bonds. The Labute approximate surface area is 183 Å². The second-order valence-corrected chi connectivity index (χ2v) is 8.39.